The Morgan fingerprint density at radius 1 is 1.44 bits per heavy atom. The summed E-state index contributed by atoms with van der Waals surface area (Å²) in [5.74, 6) is 0.941. The van der Waals surface area contributed by atoms with Crippen LogP contribution in [0, 0.1) is 0 Å². The number of fused-ring (bicyclic) bond motifs is 1. The summed E-state index contributed by atoms with van der Waals surface area (Å²) >= 11 is 0. The van der Waals surface area contributed by atoms with Crippen molar-refractivity contribution >= 4 is 0 Å². The molecular formula is C13H19NO2. The van der Waals surface area contributed by atoms with E-state index in [-0.39, 0.29) is 6.10 Å². The largest absolute Gasteiger partial charge is 0.492 e. The first-order chi connectivity index (χ1) is 7.68. The summed E-state index contributed by atoms with van der Waals surface area (Å²) in [5, 5.41) is 9.76. The predicted octanol–water partition coefficient (Wildman–Crippen LogP) is 1.61. The molecule has 0 bridgehead atoms. The van der Waals surface area contributed by atoms with Crippen LogP contribution in [-0.2, 0) is 6.42 Å². The quantitative estimate of drug-likeness (QED) is 0.838. The number of aliphatic hydroxyl groups excluding tert-OH is 1. The van der Waals surface area contributed by atoms with Crippen molar-refractivity contribution in [2.24, 2.45) is 0 Å². The van der Waals surface area contributed by atoms with Gasteiger partial charge < -0.3 is 14.7 Å². The molecule has 2 rings (SSSR count). The zero-order valence-corrected chi connectivity index (χ0v) is 9.94. The Morgan fingerprint density at radius 3 is 3.00 bits per heavy atom. The van der Waals surface area contributed by atoms with Crippen LogP contribution in [0.25, 0.3) is 0 Å². The van der Waals surface area contributed by atoms with E-state index in [9.17, 15) is 5.11 Å². The summed E-state index contributed by atoms with van der Waals surface area (Å²) < 4.78 is 5.76. The number of ether oxygens (including phenoxy) is 1. The van der Waals surface area contributed by atoms with Crippen LogP contribution in [0.3, 0.4) is 0 Å². The molecular weight excluding hydrogens is 202 g/mol. The van der Waals surface area contributed by atoms with E-state index in [2.05, 4.69) is 4.90 Å². The molecule has 1 aromatic rings. The van der Waals surface area contributed by atoms with E-state index in [1.165, 1.54) is 5.56 Å². The van der Waals surface area contributed by atoms with Crippen LogP contribution in [0.15, 0.2) is 18.2 Å². The third kappa shape index (κ3) is 2.36. The fourth-order valence-corrected chi connectivity index (χ4v) is 2.07. The highest BCUT2D eigenvalue weighted by Gasteiger charge is 2.22. The summed E-state index contributed by atoms with van der Waals surface area (Å²) in [6.07, 6.45) is 1.45. The molecule has 0 aromatic heterocycles. The van der Waals surface area contributed by atoms with E-state index >= 15 is 0 Å². The van der Waals surface area contributed by atoms with Crippen molar-refractivity contribution in [1.82, 2.24) is 4.90 Å². The molecule has 1 aliphatic carbocycles. The Bertz CT molecular complexity index is 363. The molecule has 1 aromatic carbocycles. The Labute approximate surface area is 96.6 Å². The van der Waals surface area contributed by atoms with Gasteiger partial charge in [-0.15, -0.1) is 0 Å². The number of nitrogens with zero attached hydrogens (tertiary/aromatic N) is 1. The molecule has 0 saturated heterocycles. The fourth-order valence-electron chi connectivity index (χ4n) is 2.07. The maximum atomic E-state index is 9.76. The Balaban J connectivity index is 2.05. The molecule has 16 heavy (non-hydrogen) atoms. The first kappa shape index (κ1) is 11.4. The average molecular weight is 221 g/mol. The van der Waals surface area contributed by atoms with Crippen LogP contribution in [-0.4, -0.2) is 37.3 Å². The average Bonchev–Trinajstić information content (AvgIpc) is 2.61. The van der Waals surface area contributed by atoms with Crippen molar-refractivity contribution in [2.75, 3.05) is 27.2 Å². The number of hydrogen-bond donors (Lipinski definition) is 1. The minimum Gasteiger partial charge on any atom is -0.492 e. The third-order valence-corrected chi connectivity index (χ3v) is 2.99. The zero-order valence-electron chi connectivity index (χ0n) is 9.94. The zero-order chi connectivity index (χ0) is 11.5. The Hall–Kier alpha value is -1.06. The first-order valence-electron chi connectivity index (χ1n) is 5.76. The van der Waals surface area contributed by atoms with E-state index in [0.29, 0.717) is 6.61 Å². The Kier molecular flexibility index (Phi) is 3.46. The van der Waals surface area contributed by atoms with Crippen LogP contribution in [0.2, 0.25) is 0 Å². The standard InChI is InChI=1S/C13H19NO2/c1-14(2)8-9-16-13-5-3-4-10-11(13)6-7-12(10)15/h3-5,12,15H,6-9H2,1-2H3. The molecule has 1 unspecified atom stereocenters. The first-order valence-corrected chi connectivity index (χ1v) is 5.76. The van der Waals surface area contributed by atoms with E-state index < -0.39 is 0 Å². The van der Waals surface area contributed by atoms with Crippen molar-refractivity contribution in [1.29, 1.82) is 0 Å². The second-order valence-corrected chi connectivity index (χ2v) is 4.53. The number of likely N-dealkylation sites (N-methyl/N-ethyl adjacent to an activating group) is 1. The van der Waals surface area contributed by atoms with Gasteiger partial charge in [0.05, 0.1) is 6.10 Å². The van der Waals surface area contributed by atoms with Crippen molar-refractivity contribution in [3.63, 3.8) is 0 Å². The second kappa shape index (κ2) is 4.85. The van der Waals surface area contributed by atoms with Crippen molar-refractivity contribution in [3.8, 4) is 5.75 Å². The lowest BCUT2D eigenvalue weighted by molar-refractivity contribution is 0.180. The lowest BCUT2D eigenvalue weighted by Crippen LogP contribution is -2.19. The van der Waals surface area contributed by atoms with Gasteiger partial charge in [-0.1, -0.05) is 12.1 Å². The minimum absolute atomic E-state index is 0.299. The van der Waals surface area contributed by atoms with Gasteiger partial charge in [0.15, 0.2) is 0 Å². The van der Waals surface area contributed by atoms with Gasteiger partial charge in [0.25, 0.3) is 0 Å². The molecule has 3 heteroatoms. The minimum atomic E-state index is -0.299. The monoisotopic (exact) mass is 221 g/mol. The van der Waals surface area contributed by atoms with Crippen LogP contribution in [0.4, 0.5) is 0 Å². The van der Waals surface area contributed by atoms with Gasteiger partial charge in [0.1, 0.15) is 12.4 Å². The maximum absolute atomic E-state index is 9.76. The molecule has 0 amide bonds. The van der Waals surface area contributed by atoms with Gasteiger partial charge in [-0.2, -0.15) is 0 Å². The predicted molar refractivity (Wildman–Crippen MR) is 63.8 cm³/mol. The van der Waals surface area contributed by atoms with Crippen LogP contribution in [0.5, 0.6) is 5.75 Å². The molecule has 88 valence electrons. The van der Waals surface area contributed by atoms with E-state index in [1.807, 2.05) is 32.3 Å². The van der Waals surface area contributed by atoms with Gasteiger partial charge in [-0.25, -0.2) is 0 Å². The highest BCUT2D eigenvalue weighted by Crippen LogP contribution is 2.36. The van der Waals surface area contributed by atoms with Crippen molar-refractivity contribution in [2.45, 2.75) is 18.9 Å². The molecule has 0 saturated carbocycles. The van der Waals surface area contributed by atoms with Gasteiger partial charge in [0, 0.05) is 12.1 Å². The number of aliphatic hydroxyl groups is 1. The molecule has 3 nitrogen and oxygen atoms in total. The highest BCUT2D eigenvalue weighted by atomic mass is 16.5. The van der Waals surface area contributed by atoms with Crippen LogP contribution in [0.1, 0.15) is 23.7 Å². The van der Waals surface area contributed by atoms with Crippen LogP contribution >= 0.6 is 0 Å². The lowest BCUT2D eigenvalue weighted by Gasteiger charge is -2.13. The molecule has 0 radical (unpaired) electrons. The highest BCUT2D eigenvalue weighted by molar-refractivity contribution is 5.44. The molecule has 1 atom stereocenters. The molecule has 1 aliphatic rings. The third-order valence-electron chi connectivity index (χ3n) is 2.99. The number of benzene rings is 1. The molecule has 0 spiro atoms. The van der Waals surface area contributed by atoms with Gasteiger partial charge in [0.2, 0.25) is 0 Å². The SMILES string of the molecule is CN(C)CCOc1cccc2c1CCC2O. The molecule has 0 heterocycles. The van der Waals surface area contributed by atoms with Crippen molar-refractivity contribution in [3.05, 3.63) is 29.3 Å². The molecule has 1 N–H and O–H groups in total. The lowest BCUT2D eigenvalue weighted by atomic mass is 10.1. The smallest absolute Gasteiger partial charge is 0.122 e. The molecule has 0 aliphatic heterocycles. The maximum Gasteiger partial charge on any atom is 0.122 e. The van der Waals surface area contributed by atoms with E-state index in [4.69, 9.17) is 4.74 Å². The van der Waals surface area contributed by atoms with E-state index in [1.54, 1.807) is 0 Å². The van der Waals surface area contributed by atoms with E-state index in [0.717, 1.165) is 30.7 Å². The van der Waals surface area contributed by atoms with Gasteiger partial charge in [-0.3, -0.25) is 0 Å². The number of rotatable bonds is 4. The number of hydrogen-bond acceptors (Lipinski definition) is 3. The summed E-state index contributed by atoms with van der Waals surface area (Å²) in [6.45, 7) is 1.60. The normalized spacial score (nSPS) is 18.9. The summed E-state index contributed by atoms with van der Waals surface area (Å²) in [5.41, 5.74) is 2.23. The summed E-state index contributed by atoms with van der Waals surface area (Å²) in [7, 11) is 4.06. The summed E-state index contributed by atoms with van der Waals surface area (Å²) in [4.78, 5) is 2.10. The van der Waals surface area contributed by atoms with Crippen molar-refractivity contribution < 1.29 is 9.84 Å². The van der Waals surface area contributed by atoms with Crippen LogP contribution < -0.4 is 4.74 Å². The molecule has 0 fully saturated rings. The summed E-state index contributed by atoms with van der Waals surface area (Å²) in [6, 6.07) is 5.94. The fraction of sp³-hybridized carbons (Fsp3) is 0.538. The van der Waals surface area contributed by atoms with Gasteiger partial charge in [-0.05, 0) is 38.6 Å². The van der Waals surface area contributed by atoms with Gasteiger partial charge >= 0.3 is 0 Å². The topological polar surface area (TPSA) is 32.7 Å². The Morgan fingerprint density at radius 2 is 2.25 bits per heavy atom. The second-order valence-electron chi connectivity index (χ2n) is 4.53.